The predicted molar refractivity (Wildman–Crippen MR) is 79.9 cm³/mol. The van der Waals surface area contributed by atoms with Crippen LogP contribution in [0.4, 0.5) is 0 Å². The molecule has 2 aromatic heterocycles. The van der Waals surface area contributed by atoms with Crippen LogP contribution in [0.1, 0.15) is 19.4 Å². The van der Waals surface area contributed by atoms with Crippen LogP contribution in [-0.2, 0) is 13.0 Å². The molecular formula is C16H17N3O. The Labute approximate surface area is 117 Å². The molecule has 1 aromatic carbocycles. The molecule has 0 saturated carbocycles. The van der Waals surface area contributed by atoms with E-state index in [1.54, 1.807) is 15.3 Å². The minimum absolute atomic E-state index is 0.000992. The van der Waals surface area contributed by atoms with Gasteiger partial charge in [-0.05, 0) is 25.0 Å². The van der Waals surface area contributed by atoms with Crippen LogP contribution in [0.25, 0.3) is 16.8 Å². The Hall–Kier alpha value is -2.36. The molecule has 0 fully saturated rings. The lowest BCUT2D eigenvalue weighted by Gasteiger charge is -2.00. The summed E-state index contributed by atoms with van der Waals surface area (Å²) in [5.74, 6) is 0. The summed E-state index contributed by atoms with van der Waals surface area (Å²) in [6, 6.07) is 10.2. The topological polar surface area (TPSA) is 39.3 Å². The van der Waals surface area contributed by atoms with Crippen molar-refractivity contribution in [2.45, 2.75) is 26.8 Å². The van der Waals surface area contributed by atoms with Crippen molar-refractivity contribution in [3.63, 3.8) is 0 Å². The van der Waals surface area contributed by atoms with Crippen molar-refractivity contribution >= 4 is 5.52 Å². The molecule has 0 N–H and O–H groups in total. The first-order valence-corrected chi connectivity index (χ1v) is 6.91. The highest BCUT2D eigenvalue weighted by molar-refractivity contribution is 5.65. The number of hydrogen-bond acceptors (Lipinski definition) is 2. The third-order valence-electron chi connectivity index (χ3n) is 3.60. The molecule has 0 bridgehead atoms. The van der Waals surface area contributed by atoms with Gasteiger partial charge in [0.15, 0.2) is 0 Å². The van der Waals surface area contributed by atoms with Crippen molar-refractivity contribution in [2.24, 2.45) is 0 Å². The molecule has 20 heavy (non-hydrogen) atoms. The van der Waals surface area contributed by atoms with Gasteiger partial charge in [-0.2, -0.15) is 5.10 Å². The Morgan fingerprint density at radius 3 is 2.50 bits per heavy atom. The maximum absolute atomic E-state index is 12.2. The Morgan fingerprint density at radius 2 is 1.85 bits per heavy atom. The van der Waals surface area contributed by atoms with Crippen LogP contribution in [0.5, 0.6) is 0 Å². The molecule has 0 unspecified atom stereocenters. The summed E-state index contributed by atoms with van der Waals surface area (Å²) in [5, 5.41) is 4.48. The fraction of sp³-hybridized carbons (Fsp3) is 0.250. The zero-order valence-corrected chi connectivity index (χ0v) is 11.7. The van der Waals surface area contributed by atoms with E-state index in [2.05, 4.69) is 36.3 Å². The molecule has 0 aliphatic carbocycles. The molecule has 0 aliphatic heterocycles. The van der Waals surface area contributed by atoms with Crippen LogP contribution in [-0.4, -0.2) is 14.2 Å². The molecule has 3 rings (SSSR count). The van der Waals surface area contributed by atoms with Gasteiger partial charge in [0.2, 0.25) is 0 Å². The van der Waals surface area contributed by atoms with Crippen LogP contribution >= 0.6 is 0 Å². The van der Waals surface area contributed by atoms with Gasteiger partial charge in [0.25, 0.3) is 5.56 Å². The van der Waals surface area contributed by atoms with Gasteiger partial charge in [-0.15, -0.1) is 0 Å². The minimum Gasteiger partial charge on any atom is -0.312 e. The van der Waals surface area contributed by atoms with Gasteiger partial charge in [0, 0.05) is 24.5 Å². The maximum Gasteiger partial charge on any atom is 0.276 e. The normalized spacial score (nSPS) is 11.1. The quantitative estimate of drug-likeness (QED) is 0.732. The third-order valence-corrected chi connectivity index (χ3v) is 3.60. The average Bonchev–Trinajstić information content (AvgIpc) is 2.93. The first-order chi connectivity index (χ1) is 9.72. The Balaban J connectivity index is 2.12. The van der Waals surface area contributed by atoms with Crippen LogP contribution in [0.3, 0.4) is 0 Å². The molecular weight excluding hydrogens is 250 g/mol. The van der Waals surface area contributed by atoms with Crippen LogP contribution in [0.2, 0.25) is 0 Å². The summed E-state index contributed by atoms with van der Waals surface area (Å²) >= 11 is 0. The van der Waals surface area contributed by atoms with Gasteiger partial charge in [0.05, 0.1) is 5.69 Å². The van der Waals surface area contributed by atoms with Crippen LogP contribution < -0.4 is 5.56 Å². The second kappa shape index (κ2) is 4.96. The zero-order chi connectivity index (χ0) is 14.1. The number of benzene rings is 1. The first kappa shape index (κ1) is 12.7. The Morgan fingerprint density at radius 1 is 1.10 bits per heavy atom. The van der Waals surface area contributed by atoms with Crippen molar-refractivity contribution in [2.75, 3.05) is 0 Å². The molecule has 0 aliphatic rings. The fourth-order valence-corrected chi connectivity index (χ4v) is 2.33. The lowest BCUT2D eigenvalue weighted by atomic mass is 10.1. The van der Waals surface area contributed by atoms with Crippen molar-refractivity contribution < 1.29 is 0 Å². The summed E-state index contributed by atoms with van der Waals surface area (Å²) in [5.41, 5.74) is 3.78. The second-order valence-corrected chi connectivity index (χ2v) is 4.80. The Kier molecular flexibility index (Phi) is 3.14. The van der Waals surface area contributed by atoms with Gasteiger partial charge < -0.3 is 4.57 Å². The summed E-state index contributed by atoms with van der Waals surface area (Å²) in [4.78, 5) is 12.2. The molecule has 102 valence electrons. The average molecular weight is 267 g/mol. The van der Waals surface area contributed by atoms with E-state index in [4.69, 9.17) is 0 Å². The van der Waals surface area contributed by atoms with Gasteiger partial charge in [-0.25, -0.2) is 4.52 Å². The van der Waals surface area contributed by atoms with Gasteiger partial charge >= 0.3 is 0 Å². The number of rotatable bonds is 3. The monoisotopic (exact) mass is 267 g/mol. The van der Waals surface area contributed by atoms with Crippen LogP contribution in [0, 0.1) is 0 Å². The number of fused-ring (bicyclic) bond motifs is 1. The zero-order valence-electron chi connectivity index (χ0n) is 11.7. The molecule has 2 heterocycles. The van der Waals surface area contributed by atoms with E-state index >= 15 is 0 Å². The number of aromatic nitrogens is 3. The molecule has 0 atom stereocenters. The molecule has 4 heteroatoms. The Bertz CT molecular complexity index is 797. The summed E-state index contributed by atoms with van der Waals surface area (Å²) in [7, 11) is 0. The van der Waals surface area contributed by atoms with Crippen molar-refractivity contribution in [1.29, 1.82) is 0 Å². The van der Waals surface area contributed by atoms with E-state index in [1.165, 1.54) is 5.56 Å². The largest absolute Gasteiger partial charge is 0.312 e. The van der Waals surface area contributed by atoms with E-state index in [9.17, 15) is 4.79 Å². The van der Waals surface area contributed by atoms with Gasteiger partial charge in [-0.3, -0.25) is 4.79 Å². The van der Waals surface area contributed by atoms with E-state index < -0.39 is 0 Å². The highest BCUT2D eigenvalue weighted by atomic mass is 16.1. The second-order valence-electron chi connectivity index (χ2n) is 4.80. The number of nitrogens with zero attached hydrogens (tertiary/aromatic N) is 3. The highest BCUT2D eigenvalue weighted by Gasteiger charge is 2.08. The molecule has 0 radical (unpaired) electrons. The van der Waals surface area contributed by atoms with E-state index in [0.29, 0.717) is 12.1 Å². The summed E-state index contributed by atoms with van der Waals surface area (Å²) in [6.45, 7) is 4.76. The SMILES string of the molecule is CCc1ccc(-c2cc3c(=O)n(CC)ccn3n2)cc1. The predicted octanol–water partition coefficient (Wildman–Crippen LogP) is 2.75. The molecule has 0 amide bonds. The molecule has 4 nitrogen and oxygen atoms in total. The minimum atomic E-state index is -0.000992. The van der Waals surface area contributed by atoms with Crippen molar-refractivity contribution in [3.8, 4) is 11.3 Å². The fourth-order valence-electron chi connectivity index (χ4n) is 2.33. The standard InChI is InChI=1S/C16H17N3O/c1-3-12-5-7-13(8-6-12)14-11-15-16(20)18(4-2)9-10-19(15)17-14/h5-11H,3-4H2,1-2H3. The third kappa shape index (κ3) is 2.03. The van der Waals surface area contributed by atoms with E-state index in [1.807, 2.05) is 19.2 Å². The van der Waals surface area contributed by atoms with Gasteiger partial charge in [-0.1, -0.05) is 31.2 Å². The summed E-state index contributed by atoms with van der Waals surface area (Å²) < 4.78 is 3.33. The van der Waals surface area contributed by atoms with E-state index in [0.717, 1.165) is 17.7 Å². The van der Waals surface area contributed by atoms with Gasteiger partial charge in [0.1, 0.15) is 5.52 Å². The highest BCUT2D eigenvalue weighted by Crippen LogP contribution is 2.19. The maximum atomic E-state index is 12.2. The molecule has 0 spiro atoms. The van der Waals surface area contributed by atoms with Crippen molar-refractivity contribution in [1.82, 2.24) is 14.2 Å². The lowest BCUT2D eigenvalue weighted by molar-refractivity contribution is 0.715. The first-order valence-electron chi connectivity index (χ1n) is 6.91. The number of aryl methyl sites for hydroxylation is 2. The lowest BCUT2D eigenvalue weighted by Crippen LogP contribution is -2.20. The molecule has 3 aromatic rings. The van der Waals surface area contributed by atoms with Crippen molar-refractivity contribution in [3.05, 3.63) is 58.6 Å². The number of hydrogen-bond donors (Lipinski definition) is 0. The smallest absolute Gasteiger partial charge is 0.276 e. The van der Waals surface area contributed by atoms with E-state index in [-0.39, 0.29) is 5.56 Å². The van der Waals surface area contributed by atoms with Crippen LogP contribution in [0.15, 0.2) is 47.5 Å². The molecule has 0 saturated heterocycles. The summed E-state index contributed by atoms with van der Waals surface area (Å²) in [6.07, 6.45) is 4.61.